The summed E-state index contributed by atoms with van der Waals surface area (Å²) in [7, 11) is 1.95. The number of phenols is 1. The Kier molecular flexibility index (Phi) is 6.40. The number of rotatable bonds is 6. The van der Waals surface area contributed by atoms with Crippen LogP contribution in [-0.4, -0.2) is 87.6 Å². The van der Waals surface area contributed by atoms with E-state index in [0.717, 1.165) is 32.2 Å². The molecule has 3 saturated heterocycles. The molecule has 2 aromatic heterocycles. The van der Waals surface area contributed by atoms with Gasteiger partial charge in [0.05, 0.1) is 17.5 Å². The van der Waals surface area contributed by atoms with Gasteiger partial charge >= 0.3 is 6.01 Å². The zero-order chi connectivity index (χ0) is 28.3. The van der Waals surface area contributed by atoms with Crippen molar-refractivity contribution in [1.29, 1.82) is 0 Å². The number of hydrogen-bond donors (Lipinski definition) is 3. The highest BCUT2D eigenvalue weighted by Gasteiger charge is 2.40. The Morgan fingerprint density at radius 2 is 1.95 bits per heavy atom. The van der Waals surface area contributed by atoms with Gasteiger partial charge in [-0.15, -0.1) is 0 Å². The molecule has 0 radical (unpaired) electrons. The number of phenolic OH excluding ortho intramolecular Hbond substituents is 1. The highest BCUT2D eigenvalue weighted by molar-refractivity contribution is 6.00. The van der Waals surface area contributed by atoms with E-state index in [1.54, 1.807) is 6.07 Å². The lowest BCUT2D eigenvalue weighted by Gasteiger charge is -2.35. The molecule has 3 fully saturated rings. The van der Waals surface area contributed by atoms with E-state index >= 15 is 4.39 Å². The highest BCUT2D eigenvalue weighted by Crippen LogP contribution is 2.38. The topological polar surface area (TPSA) is 107 Å². The molecule has 7 rings (SSSR count). The van der Waals surface area contributed by atoms with Gasteiger partial charge in [0.2, 0.25) is 0 Å². The van der Waals surface area contributed by atoms with E-state index < -0.39 is 17.2 Å². The van der Waals surface area contributed by atoms with Gasteiger partial charge in [-0.25, -0.2) is 8.78 Å². The number of nitrogens with zero attached hydrogens (tertiary/aromatic N) is 5. The zero-order valence-corrected chi connectivity index (χ0v) is 22.8. The summed E-state index contributed by atoms with van der Waals surface area (Å²) in [4.78, 5) is 17.9. The van der Waals surface area contributed by atoms with Gasteiger partial charge in [-0.2, -0.15) is 9.97 Å². The van der Waals surface area contributed by atoms with Crippen LogP contribution >= 0.6 is 0 Å². The highest BCUT2D eigenvalue weighted by atomic mass is 19.1. The van der Waals surface area contributed by atoms with E-state index in [1.165, 1.54) is 30.5 Å². The Bertz CT molecular complexity index is 1640. The lowest BCUT2D eigenvalue weighted by Crippen LogP contribution is -2.51. The van der Waals surface area contributed by atoms with Gasteiger partial charge < -0.3 is 25.2 Å². The SMILES string of the molecule is CN1CCC[C@@]1(CO)COc1nc(N2CC3CCC(C2)N3)c2cnc(-c3cc(O)cc4cccc(F)c34)c(F)c2n1. The fourth-order valence-electron chi connectivity index (χ4n) is 6.74. The molecule has 11 heteroatoms. The number of ether oxygens (including phenoxy) is 1. The van der Waals surface area contributed by atoms with E-state index in [9.17, 15) is 14.6 Å². The quantitative estimate of drug-likeness (QED) is 0.325. The Morgan fingerprint density at radius 1 is 1.15 bits per heavy atom. The number of fused-ring (bicyclic) bond motifs is 4. The van der Waals surface area contributed by atoms with E-state index in [4.69, 9.17) is 9.72 Å². The number of pyridine rings is 1. The lowest BCUT2D eigenvalue weighted by atomic mass is 9.99. The maximum Gasteiger partial charge on any atom is 0.319 e. The van der Waals surface area contributed by atoms with Crippen LogP contribution in [0, 0.1) is 11.6 Å². The third-order valence-corrected chi connectivity index (χ3v) is 9.04. The molecule has 214 valence electrons. The van der Waals surface area contributed by atoms with Gasteiger partial charge in [-0.3, -0.25) is 9.88 Å². The summed E-state index contributed by atoms with van der Waals surface area (Å²) >= 11 is 0. The second kappa shape index (κ2) is 10.0. The van der Waals surface area contributed by atoms with Crippen molar-refractivity contribution in [3.8, 4) is 23.0 Å². The molecule has 3 aliphatic heterocycles. The molecule has 41 heavy (non-hydrogen) atoms. The van der Waals surface area contributed by atoms with Crippen molar-refractivity contribution in [3.63, 3.8) is 0 Å². The summed E-state index contributed by atoms with van der Waals surface area (Å²) in [5.41, 5.74) is -0.549. The minimum atomic E-state index is -0.751. The number of benzene rings is 2. The van der Waals surface area contributed by atoms with Crippen LogP contribution in [0.3, 0.4) is 0 Å². The molecule has 3 atom stereocenters. The standard InChI is InChI=1S/C30H32F2N6O3/c1-37-9-3-8-30(37,15-39)16-41-29-35-27-22(28(36-29)38-13-18-6-7-19(14-38)34-18)12-33-26(25(27)32)21-11-20(40)10-17-4-2-5-23(31)24(17)21/h2,4-5,10-12,18-19,34,39-40H,3,6-9,13-16H2,1H3/t18?,19?,30-/m1/s1. The molecule has 2 bridgehead atoms. The number of halogens is 2. The number of piperazine rings is 1. The summed E-state index contributed by atoms with van der Waals surface area (Å²) in [6, 6.07) is 7.87. The van der Waals surface area contributed by atoms with Gasteiger partial charge in [0.1, 0.15) is 35.2 Å². The number of aromatic nitrogens is 3. The minimum Gasteiger partial charge on any atom is -0.508 e. The first-order valence-corrected chi connectivity index (χ1v) is 14.1. The van der Waals surface area contributed by atoms with Crippen LogP contribution in [0.2, 0.25) is 0 Å². The molecule has 2 unspecified atom stereocenters. The van der Waals surface area contributed by atoms with Crippen LogP contribution < -0.4 is 15.0 Å². The maximum atomic E-state index is 16.5. The van der Waals surface area contributed by atoms with Crippen molar-refractivity contribution < 1.29 is 23.7 Å². The first kappa shape index (κ1) is 26.2. The van der Waals surface area contributed by atoms with Gasteiger partial charge in [0.25, 0.3) is 0 Å². The smallest absolute Gasteiger partial charge is 0.319 e. The number of aliphatic hydroxyl groups is 1. The van der Waals surface area contributed by atoms with Crippen LogP contribution in [0.4, 0.5) is 14.6 Å². The molecular formula is C30H32F2N6O3. The Morgan fingerprint density at radius 3 is 2.68 bits per heavy atom. The lowest BCUT2D eigenvalue weighted by molar-refractivity contribution is 0.0363. The predicted molar refractivity (Wildman–Crippen MR) is 151 cm³/mol. The molecule has 0 amide bonds. The summed E-state index contributed by atoms with van der Waals surface area (Å²) in [5, 5.41) is 25.2. The molecule has 4 aromatic rings. The number of likely N-dealkylation sites (N-methyl/N-ethyl adjacent to an activating group) is 1. The first-order chi connectivity index (χ1) is 19.8. The fraction of sp³-hybridized carbons (Fsp3) is 0.433. The van der Waals surface area contributed by atoms with E-state index in [0.29, 0.717) is 41.8 Å². The van der Waals surface area contributed by atoms with E-state index in [1.807, 2.05) is 7.05 Å². The number of aromatic hydroxyl groups is 1. The van der Waals surface area contributed by atoms with E-state index in [-0.39, 0.29) is 47.1 Å². The third-order valence-electron chi connectivity index (χ3n) is 9.04. The Balaban J connectivity index is 1.37. The molecule has 2 aromatic carbocycles. The van der Waals surface area contributed by atoms with Gasteiger partial charge in [0, 0.05) is 42.3 Å². The van der Waals surface area contributed by atoms with Gasteiger partial charge in [-0.1, -0.05) is 12.1 Å². The predicted octanol–water partition coefficient (Wildman–Crippen LogP) is 3.60. The zero-order valence-electron chi connectivity index (χ0n) is 22.8. The van der Waals surface area contributed by atoms with Gasteiger partial charge in [0.15, 0.2) is 5.82 Å². The van der Waals surface area contributed by atoms with Crippen LogP contribution in [-0.2, 0) is 0 Å². The van der Waals surface area contributed by atoms with Crippen LogP contribution in [0.15, 0.2) is 36.5 Å². The largest absolute Gasteiger partial charge is 0.508 e. The number of aliphatic hydroxyl groups excluding tert-OH is 1. The van der Waals surface area contributed by atoms with Crippen molar-refractivity contribution in [2.75, 3.05) is 44.8 Å². The number of likely N-dealkylation sites (tertiary alicyclic amines) is 1. The van der Waals surface area contributed by atoms with Crippen LogP contribution in [0.25, 0.3) is 32.9 Å². The van der Waals surface area contributed by atoms with Crippen LogP contribution in [0.5, 0.6) is 11.8 Å². The molecule has 0 saturated carbocycles. The van der Waals surface area contributed by atoms with Crippen molar-refractivity contribution in [2.24, 2.45) is 0 Å². The maximum absolute atomic E-state index is 16.5. The first-order valence-electron chi connectivity index (χ1n) is 14.1. The number of anilines is 1. The summed E-state index contributed by atoms with van der Waals surface area (Å²) in [5.74, 6) is -0.888. The second-order valence-electron chi connectivity index (χ2n) is 11.6. The fourth-order valence-corrected chi connectivity index (χ4v) is 6.74. The molecule has 0 spiro atoms. The van der Waals surface area contributed by atoms with Crippen molar-refractivity contribution in [1.82, 2.24) is 25.2 Å². The summed E-state index contributed by atoms with van der Waals surface area (Å²) in [6.07, 6.45) is 5.34. The van der Waals surface area contributed by atoms with Crippen molar-refractivity contribution in [2.45, 2.75) is 43.3 Å². The molecule has 3 N–H and O–H groups in total. The Labute approximate surface area is 235 Å². The average Bonchev–Trinajstić information content (AvgIpc) is 3.51. The normalized spacial score (nSPS) is 24.5. The second-order valence-corrected chi connectivity index (χ2v) is 11.6. The molecule has 0 aliphatic carbocycles. The van der Waals surface area contributed by atoms with E-state index in [2.05, 4.69) is 25.1 Å². The van der Waals surface area contributed by atoms with Gasteiger partial charge in [-0.05, 0) is 62.9 Å². The summed E-state index contributed by atoms with van der Waals surface area (Å²) < 4.78 is 37.6. The molecule has 5 heterocycles. The summed E-state index contributed by atoms with van der Waals surface area (Å²) in [6.45, 7) is 2.33. The molecule has 9 nitrogen and oxygen atoms in total. The number of hydrogen-bond acceptors (Lipinski definition) is 9. The minimum absolute atomic E-state index is 0.00605. The average molecular weight is 563 g/mol. The van der Waals surface area contributed by atoms with Crippen LogP contribution in [0.1, 0.15) is 25.7 Å². The number of nitrogens with one attached hydrogen (secondary N) is 1. The van der Waals surface area contributed by atoms with Crippen molar-refractivity contribution in [3.05, 3.63) is 48.2 Å². The third kappa shape index (κ3) is 4.43. The van der Waals surface area contributed by atoms with Crippen molar-refractivity contribution >= 4 is 27.5 Å². The Hall–Kier alpha value is -3.67. The molecule has 3 aliphatic rings. The molecular weight excluding hydrogens is 530 g/mol. The monoisotopic (exact) mass is 562 g/mol.